The third-order valence-electron chi connectivity index (χ3n) is 3.83. The highest BCUT2D eigenvalue weighted by Gasteiger charge is 2.17. The molecule has 1 aromatic carbocycles. The summed E-state index contributed by atoms with van der Waals surface area (Å²) < 4.78 is 19.8. The van der Waals surface area contributed by atoms with Crippen molar-refractivity contribution in [1.82, 2.24) is 10.3 Å². The lowest BCUT2D eigenvalue weighted by molar-refractivity contribution is 0.217. The Balaban J connectivity index is 1.79. The minimum atomic E-state index is -0.304. The number of pyridine rings is 1. The molecule has 1 fully saturated rings. The van der Waals surface area contributed by atoms with E-state index < -0.39 is 0 Å². The molecule has 1 aromatic heterocycles. The monoisotopic (exact) mass is 302 g/mol. The van der Waals surface area contributed by atoms with E-state index in [9.17, 15) is 4.39 Å². The Morgan fingerprint density at radius 3 is 2.91 bits per heavy atom. The van der Waals surface area contributed by atoms with Crippen LogP contribution >= 0.6 is 0 Å². The zero-order valence-electron chi connectivity index (χ0n) is 12.3. The first kappa shape index (κ1) is 14.9. The van der Waals surface area contributed by atoms with Crippen LogP contribution in [0.3, 0.4) is 0 Å². The summed E-state index contributed by atoms with van der Waals surface area (Å²) in [7, 11) is 0. The summed E-state index contributed by atoms with van der Waals surface area (Å²) >= 11 is 0. The lowest BCUT2D eigenvalue weighted by atomic mass is 10.0. The number of rotatable bonds is 6. The van der Waals surface area contributed by atoms with Crippen LogP contribution in [0.4, 0.5) is 4.39 Å². The SMILES string of the molecule is OCCc1ccc(F)c(-c2cncc(OCC3CCN3)c2)c1. The highest BCUT2D eigenvalue weighted by Crippen LogP contribution is 2.26. The van der Waals surface area contributed by atoms with Crippen LogP contribution in [-0.2, 0) is 6.42 Å². The van der Waals surface area contributed by atoms with E-state index >= 15 is 0 Å². The maximum absolute atomic E-state index is 14.1. The summed E-state index contributed by atoms with van der Waals surface area (Å²) in [5.74, 6) is 0.333. The van der Waals surface area contributed by atoms with Crippen LogP contribution in [0.5, 0.6) is 5.75 Å². The molecule has 0 spiro atoms. The van der Waals surface area contributed by atoms with Crippen molar-refractivity contribution in [1.29, 1.82) is 0 Å². The standard InChI is InChI=1S/C17H19FN2O2/c18-17-2-1-12(4-6-21)7-16(17)13-8-15(10-19-9-13)22-11-14-3-5-20-14/h1-2,7-10,14,20-21H,3-6,11H2. The van der Waals surface area contributed by atoms with Gasteiger partial charge in [-0.25, -0.2) is 4.39 Å². The van der Waals surface area contributed by atoms with Crippen LogP contribution < -0.4 is 10.1 Å². The first-order valence-electron chi connectivity index (χ1n) is 7.47. The molecule has 0 aliphatic carbocycles. The fourth-order valence-electron chi connectivity index (χ4n) is 2.41. The quantitative estimate of drug-likeness (QED) is 0.858. The number of aliphatic hydroxyl groups excluding tert-OH is 1. The Bertz CT molecular complexity index is 644. The minimum Gasteiger partial charge on any atom is -0.490 e. The number of aliphatic hydroxyl groups is 1. The predicted molar refractivity (Wildman–Crippen MR) is 82.3 cm³/mol. The largest absolute Gasteiger partial charge is 0.490 e. The lowest BCUT2D eigenvalue weighted by Crippen LogP contribution is -2.46. The normalized spacial score (nSPS) is 17.1. The van der Waals surface area contributed by atoms with Gasteiger partial charge in [0, 0.05) is 30.0 Å². The van der Waals surface area contributed by atoms with Gasteiger partial charge < -0.3 is 15.2 Å². The number of halogens is 1. The molecule has 116 valence electrons. The van der Waals surface area contributed by atoms with Crippen molar-refractivity contribution in [2.45, 2.75) is 18.9 Å². The lowest BCUT2D eigenvalue weighted by Gasteiger charge is -2.27. The third-order valence-corrected chi connectivity index (χ3v) is 3.83. The van der Waals surface area contributed by atoms with E-state index in [2.05, 4.69) is 10.3 Å². The summed E-state index contributed by atoms with van der Waals surface area (Å²) in [6, 6.07) is 7.05. The van der Waals surface area contributed by atoms with Gasteiger partial charge in [-0.3, -0.25) is 4.98 Å². The number of nitrogens with zero attached hydrogens (tertiary/aromatic N) is 1. The van der Waals surface area contributed by atoms with Crippen LogP contribution in [0.15, 0.2) is 36.7 Å². The van der Waals surface area contributed by atoms with Crippen LogP contribution in [0.1, 0.15) is 12.0 Å². The first-order chi connectivity index (χ1) is 10.8. The Kier molecular flexibility index (Phi) is 4.65. The summed E-state index contributed by atoms with van der Waals surface area (Å²) in [5, 5.41) is 12.3. The predicted octanol–water partition coefficient (Wildman–Crippen LogP) is 2.16. The molecule has 1 aliphatic heterocycles. The topological polar surface area (TPSA) is 54.4 Å². The number of aromatic nitrogens is 1. The molecule has 1 atom stereocenters. The molecule has 5 heteroatoms. The van der Waals surface area contributed by atoms with E-state index in [4.69, 9.17) is 9.84 Å². The van der Waals surface area contributed by atoms with Gasteiger partial charge in [0.2, 0.25) is 0 Å². The average molecular weight is 302 g/mol. The molecule has 1 saturated heterocycles. The summed E-state index contributed by atoms with van der Waals surface area (Å²) in [6.45, 7) is 1.67. The van der Waals surface area contributed by atoms with Crippen LogP contribution in [0.25, 0.3) is 11.1 Å². The van der Waals surface area contributed by atoms with Crippen molar-refractivity contribution in [3.63, 3.8) is 0 Å². The minimum absolute atomic E-state index is 0.0425. The van der Waals surface area contributed by atoms with Gasteiger partial charge in [0.05, 0.1) is 6.20 Å². The smallest absolute Gasteiger partial charge is 0.138 e. The van der Waals surface area contributed by atoms with Gasteiger partial charge in [-0.1, -0.05) is 6.07 Å². The van der Waals surface area contributed by atoms with E-state index in [0.717, 1.165) is 18.5 Å². The second-order valence-corrected chi connectivity index (χ2v) is 5.45. The maximum Gasteiger partial charge on any atom is 0.138 e. The van der Waals surface area contributed by atoms with Crippen LogP contribution in [0.2, 0.25) is 0 Å². The molecule has 2 heterocycles. The zero-order chi connectivity index (χ0) is 15.4. The summed E-state index contributed by atoms with van der Waals surface area (Å²) in [6.07, 6.45) is 4.88. The molecule has 2 N–H and O–H groups in total. The van der Waals surface area contributed by atoms with Gasteiger partial charge in [-0.2, -0.15) is 0 Å². The highest BCUT2D eigenvalue weighted by molar-refractivity contribution is 5.65. The summed E-state index contributed by atoms with van der Waals surface area (Å²) in [5.41, 5.74) is 2.05. The van der Waals surface area contributed by atoms with Gasteiger partial charge in [0.15, 0.2) is 0 Å². The molecule has 4 nitrogen and oxygen atoms in total. The first-order valence-corrected chi connectivity index (χ1v) is 7.47. The Morgan fingerprint density at radius 2 is 2.18 bits per heavy atom. The van der Waals surface area contributed by atoms with Crippen LogP contribution in [-0.4, -0.2) is 35.9 Å². The molecule has 3 rings (SSSR count). The van der Waals surface area contributed by atoms with Gasteiger partial charge in [0.1, 0.15) is 18.2 Å². The number of hydrogen-bond donors (Lipinski definition) is 2. The van der Waals surface area contributed by atoms with Crippen molar-refractivity contribution in [2.24, 2.45) is 0 Å². The average Bonchev–Trinajstić information content (AvgIpc) is 2.48. The van der Waals surface area contributed by atoms with Gasteiger partial charge in [-0.05, 0) is 43.1 Å². The Labute approximate surface area is 129 Å². The molecule has 22 heavy (non-hydrogen) atoms. The molecule has 0 saturated carbocycles. The highest BCUT2D eigenvalue weighted by atomic mass is 19.1. The molecule has 1 aliphatic rings. The summed E-state index contributed by atoms with van der Waals surface area (Å²) in [4.78, 5) is 4.14. The molecule has 0 bridgehead atoms. The molecule has 1 unspecified atom stereocenters. The van der Waals surface area contributed by atoms with Crippen molar-refractivity contribution in [2.75, 3.05) is 19.8 Å². The van der Waals surface area contributed by atoms with Crippen molar-refractivity contribution in [3.8, 4) is 16.9 Å². The van der Waals surface area contributed by atoms with E-state index in [1.807, 2.05) is 0 Å². The van der Waals surface area contributed by atoms with E-state index in [1.54, 1.807) is 30.6 Å². The zero-order valence-corrected chi connectivity index (χ0v) is 12.3. The number of nitrogens with one attached hydrogen (secondary N) is 1. The second kappa shape index (κ2) is 6.85. The maximum atomic E-state index is 14.1. The van der Waals surface area contributed by atoms with Gasteiger partial charge in [-0.15, -0.1) is 0 Å². The third kappa shape index (κ3) is 3.43. The van der Waals surface area contributed by atoms with Crippen molar-refractivity contribution >= 4 is 0 Å². The Hall–Kier alpha value is -1.98. The molecule has 2 aromatic rings. The number of benzene rings is 1. The van der Waals surface area contributed by atoms with E-state index in [-0.39, 0.29) is 12.4 Å². The fourth-order valence-corrected chi connectivity index (χ4v) is 2.41. The van der Waals surface area contributed by atoms with E-state index in [0.29, 0.717) is 35.9 Å². The molecule has 0 radical (unpaired) electrons. The number of ether oxygens (including phenoxy) is 1. The molecular formula is C17H19FN2O2. The second-order valence-electron chi connectivity index (χ2n) is 5.45. The van der Waals surface area contributed by atoms with Crippen molar-refractivity contribution < 1.29 is 14.2 Å². The van der Waals surface area contributed by atoms with Crippen molar-refractivity contribution in [3.05, 3.63) is 48.0 Å². The fraction of sp³-hybridized carbons (Fsp3) is 0.353. The molecule has 0 amide bonds. The van der Waals surface area contributed by atoms with Crippen LogP contribution in [0, 0.1) is 5.82 Å². The number of hydrogen-bond acceptors (Lipinski definition) is 4. The molecular weight excluding hydrogens is 283 g/mol. The van der Waals surface area contributed by atoms with Gasteiger partial charge in [0.25, 0.3) is 0 Å². The Morgan fingerprint density at radius 1 is 1.32 bits per heavy atom. The van der Waals surface area contributed by atoms with E-state index in [1.165, 1.54) is 6.07 Å². The van der Waals surface area contributed by atoms with Gasteiger partial charge >= 0.3 is 0 Å².